The number of hydrogen-bond donors (Lipinski definition) is 0. The molecule has 0 aliphatic carbocycles. The van der Waals surface area contributed by atoms with Crippen LogP contribution in [0.1, 0.15) is 24.4 Å². The minimum atomic E-state index is -4.43. The molecule has 0 radical (unpaired) electrons. The topological polar surface area (TPSA) is 68.1 Å². The maximum absolute atomic E-state index is 13.0. The van der Waals surface area contributed by atoms with Crippen LogP contribution in [0.3, 0.4) is 0 Å². The van der Waals surface area contributed by atoms with E-state index in [9.17, 15) is 21.6 Å². The zero-order chi connectivity index (χ0) is 21.4. The lowest BCUT2D eigenvalue weighted by atomic mass is 10.0. The highest BCUT2D eigenvalue weighted by Gasteiger charge is 2.31. The highest BCUT2D eigenvalue weighted by atomic mass is 32.2. The Morgan fingerprint density at radius 2 is 1.67 bits per heavy atom. The zero-order valence-corrected chi connectivity index (χ0v) is 16.6. The second-order valence-electron chi connectivity index (χ2n) is 7.12. The number of alkyl halides is 3. The van der Waals surface area contributed by atoms with E-state index in [1.54, 1.807) is 23.1 Å². The normalized spacial score (nSPS) is 16.6. The first kappa shape index (κ1) is 20.5. The third-order valence-electron chi connectivity index (χ3n) is 5.25. The second kappa shape index (κ2) is 7.84. The number of aromatic nitrogens is 3. The molecule has 10 heteroatoms. The number of piperidine rings is 1. The molecule has 0 spiro atoms. The van der Waals surface area contributed by atoms with Gasteiger partial charge in [0.1, 0.15) is 0 Å². The lowest BCUT2D eigenvalue weighted by molar-refractivity contribution is -0.137. The number of nitrogens with zero attached hydrogens (tertiary/aromatic N) is 4. The first-order chi connectivity index (χ1) is 14.2. The van der Waals surface area contributed by atoms with E-state index in [2.05, 4.69) is 10.3 Å². The van der Waals surface area contributed by atoms with E-state index in [0.717, 1.165) is 12.1 Å². The molecule has 1 fully saturated rings. The molecular weight excluding hydrogens is 417 g/mol. The molecule has 3 aromatic rings. The van der Waals surface area contributed by atoms with E-state index in [1.807, 2.05) is 0 Å². The standard InChI is InChI=1S/C20H19F3N4O2S/c21-20(22,23)17-3-1-2-16(14-17)15-4-6-19(7-5-15)30(28,29)26-11-8-18(9-12-26)27-13-10-24-25-27/h1-7,10,13-14,18H,8-9,11-12H2. The molecule has 2 heterocycles. The lowest BCUT2D eigenvalue weighted by Crippen LogP contribution is -2.39. The van der Waals surface area contributed by atoms with E-state index < -0.39 is 21.8 Å². The van der Waals surface area contributed by atoms with E-state index in [4.69, 9.17) is 0 Å². The maximum atomic E-state index is 13.0. The van der Waals surface area contributed by atoms with Crippen molar-refractivity contribution in [1.29, 1.82) is 0 Å². The number of hydrogen-bond acceptors (Lipinski definition) is 4. The minimum absolute atomic E-state index is 0.113. The maximum Gasteiger partial charge on any atom is 0.416 e. The fraction of sp³-hybridized carbons (Fsp3) is 0.300. The summed E-state index contributed by atoms with van der Waals surface area (Å²) < 4.78 is 67.9. The smallest absolute Gasteiger partial charge is 0.249 e. The second-order valence-corrected chi connectivity index (χ2v) is 9.06. The molecule has 0 bridgehead atoms. The van der Waals surface area contributed by atoms with Crippen LogP contribution < -0.4 is 0 Å². The van der Waals surface area contributed by atoms with Gasteiger partial charge < -0.3 is 0 Å². The summed E-state index contributed by atoms with van der Waals surface area (Å²) in [7, 11) is -3.68. The van der Waals surface area contributed by atoms with Gasteiger partial charge in [-0.3, -0.25) is 0 Å². The van der Waals surface area contributed by atoms with Gasteiger partial charge in [-0.25, -0.2) is 13.1 Å². The summed E-state index contributed by atoms with van der Waals surface area (Å²) in [5.74, 6) is 0. The number of rotatable bonds is 4. The molecule has 0 saturated carbocycles. The van der Waals surface area contributed by atoms with Crippen LogP contribution in [0.15, 0.2) is 65.8 Å². The first-order valence-corrected chi connectivity index (χ1v) is 10.8. The van der Waals surface area contributed by atoms with Crippen molar-refractivity contribution in [2.75, 3.05) is 13.1 Å². The Hall–Kier alpha value is -2.72. The monoisotopic (exact) mass is 436 g/mol. The summed E-state index contributed by atoms with van der Waals surface area (Å²) in [6, 6.07) is 11.0. The molecule has 6 nitrogen and oxygen atoms in total. The van der Waals surface area contributed by atoms with Crippen LogP contribution in [0.4, 0.5) is 13.2 Å². The largest absolute Gasteiger partial charge is 0.416 e. The molecule has 0 unspecified atom stereocenters. The predicted molar refractivity (Wildman–Crippen MR) is 104 cm³/mol. The van der Waals surface area contributed by atoms with Crippen molar-refractivity contribution in [3.8, 4) is 11.1 Å². The molecule has 1 aliphatic rings. The molecule has 1 aromatic heterocycles. The Bertz CT molecular complexity index is 1110. The molecule has 1 saturated heterocycles. The third kappa shape index (κ3) is 4.10. The van der Waals surface area contributed by atoms with E-state index in [1.165, 1.54) is 34.6 Å². The fourth-order valence-electron chi connectivity index (χ4n) is 3.60. The SMILES string of the molecule is O=S(=O)(c1ccc(-c2cccc(C(F)(F)F)c2)cc1)N1CCC(n2ccnn2)CC1. The fourth-order valence-corrected chi connectivity index (χ4v) is 5.07. The quantitative estimate of drug-likeness (QED) is 0.620. The van der Waals surface area contributed by atoms with Gasteiger partial charge in [0, 0.05) is 19.3 Å². The Morgan fingerprint density at radius 1 is 0.967 bits per heavy atom. The molecule has 0 atom stereocenters. The number of halogens is 3. The van der Waals surface area contributed by atoms with Crippen LogP contribution in [-0.2, 0) is 16.2 Å². The van der Waals surface area contributed by atoms with Crippen LogP contribution in [-0.4, -0.2) is 40.8 Å². The highest BCUT2D eigenvalue weighted by molar-refractivity contribution is 7.89. The Labute approximate surface area is 172 Å². The van der Waals surface area contributed by atoms with Crippen LogP contribution in [0.25, 0.3) is 11.1 Å². The molecule has 4 rings (SSSR count). The third-order valence-corrected chi connectivity index (χ3v) is 7.17. The molecule has 0 amide bonds. The van der Waals surface area contributed by atoms with Crippen LogP contribution in [0, 0.1) is 0 Å². The highest BCUT2D eigenvalue weighted by Crippen LogP contribution is 2.33. The van der Waals surface area contributed by atoms with Crippen molar-refractivity contribution < 1.29 is 21.6 Å². The van der Waals surface area contributed by atoms with E-state index in [-0.39, 0.29) is 10.9 Å². The van der Waals surface area contributed by atoms with Crippen molar-refractivity contribution in [3.63, 3.8) is 0 Å². The van der Waals surface area contributed by atoms with Crippen LogP contribution in [0.2, 0.25) is 0 Å². The van der Waals surface area contributed by atoms with E-state index in [0.29, 0.717) is 37.1 Å². The lowest BCUT2D eigenvalue weighted by Gasteiger charge is -2.31. The van der Waals surface area contributed by atoms with Crippen molar-refractivity contribution in [3.05, 3.63) is 66.5 Å². The minimum Gasteiger partial charge on any atom is -0.249 e. The summed E-state index contributed by atoms with van der Waals surface area (Å²) in [5, 5.41) is 7.76. The molecule has 0 N–H and O–H groups in total. The Balaban J connectivity index is 1.50. The summed E-state index contributed by atoms with van der Waals surface area (Å²) in [5.41, 5.74) is 0.152. The molecule has 30 heavy (non-hydrogen) atoms. The van der Waals surface area contributed by atoms with E-state index >= 15 is 0 Å². The first-order valence-electron chi connectivity index (χ1n) is 9.39. The number of benzene rings is 2. The summed E-state index contributed by atoms with van der Waals surface area (Å²) in [6.45, 7) is 0.727. The van der Waals surface area contributed by atoms with Crippen molar-refractivity contribution in [2.24, 2.45) is 0 Å². The van der Waals surface area contributed by atoms with Crippen LogP contribution in [0.5, 0.6) is 0 Å². The van der Waals surface area contributed by atoms with Crippen molar-refractivity contribution >= 4 is 10.0 Å². The van der Waals surface area contributed by atoms with Gasteiger partial charge in [0.25, 0.3) is 0 Å². The van der Waals surface area contributed by atoms with Gasteiger partial charge in [-0.05, 0) is 48.2 Å². The molecule has 1 aliphatic heterocycles. The predicted octanol–water partition coefficient (Wildman–Crippen LogP) is 3.99. The van der Waals surface area contributed by atoms with Crippen LogP contribution >= 0.6 is 0 Å². The van der Waals surface area contributed by atoms with Gasteiger partial charge in [-0.2, -0.15) is 17.5 Å². The van der Waals surface area contributed by atoms with Gasteiger partial charge in [0.2, 0.25) is 10.0 Å². The zero-order valence-electron chi connectivity index (χ0n) is 15.8. The van der Waals surface area contributed by atoms with Crippen molar-refractivity contribution in [1.82, 2.24) is 19.3 Å². The summed E-state index contributed by atoms with van der Waals surface area (Å²) in [4.78, 5) is 0.123. The van der Waals surface area contributed by atoms with Gasteiger partial charge in [0.05, 0.1) is 22.7 Å². The molecule has 2 aromatic carbocycles. The average molecular weight is 436 g/mol. The summed E-state index contributed by atoms with van der Waals surface area (Å²) >= 11 is 0. The Morgan fingerprint density at radius 3 is 2.27 bits per heavy atom. The van der Waals surface area contributed by atoms with Gasteiger partial charge >= 0.3 is 6.18 Å². The Kier molecular flexibility index (Phi) is 5.37. The number of sulfonamides is 1. The van der Waals surface area contributed by atoms with Gasteiger partial charge in [-0.15, -0.1) is 5.10 Å². The summed E-state index contributed by atoms with van der Waals surface area (Å²) in [6.07, 6.45) is 0.184. The molecule has 158 valence electrons. The molecular formula is C20H19F3N4O2S. The van der Waals surface area contributed by atoms with Gasteiger partial charge in [-0.1, -0.05) is 29.5 Å². The average Bonchev–Trinajstić information content (AvgIpc) is 3.28. The van der Waals surface area contributed by atoms with Gasteiger partial charge in [0.15, 0.2) is 0 Å². The van der Waals surface area contributed by atoms with Crippen molar-refractivity contribution in [2.45, 2.75) is 30.0 Å².